The predicted octanol–water partition coefficient (Wildman–Crippen LogP) is 7.25. The lowest BCUT2D eigenvalue weighted by molar-refractivity contribution is -0.114. The van der Waals surface area contributed by atoms with Gasteiger partial charge in [0.2, 0.25) is 5.91 Å². The number of hydrogen-bond donors (Lipinski definition) is 1. The first-order valence-electron chi connectivity index (χ1n) is 11.8. The lowest BCUT2D eigenvalue weighted by Crippen LogP contribution is -2.38. The maximum Gasteiger partial charge on any atom is 0.264 e. The summed E-state index contributed by atoms with van der Waals surface area (Å²) in [7, 11) is -2.61. The third-order valence-electron chi connectivity index (χ3n) is 5.84. The van der Waals surface area contributed by atoms with E-state index in [4.69, 9.17) is 32.7 Å². The summed E-state index contributed by atoms with van der Waals surface area (Å²) in [5.74, 6) is 0.605. The minimum absolute atomic E-state index is 0.0447. The van der Waals surface area contributed by atoms with Crippen molar-refractivity contribution in [2.24, 2.45) is 0 Å². The van der Waals surface area contributed by atoms with Gasteiger partial charge in [-0.15, -0.1) is 0 Å². The van der Waals surface area contributed by atoms with Crippen LogP contribution in [0.25, 0.3) is 0 Å². The Morgan fingerprint density at radius 2 is 1.49 bits per heavy atom. The number of para-hydroxylation sites is 2. The highest BCUT2D eigenvalue weighted by Crippen LogP contribution is 2.37. The first-order valence-corrected chi connectivity index (χ1v) is 14.0. The van der Waals surface area contributed by atoms with Gasteiger partial charge in [0.25, 0.3) is 10.0 Å². The summed E-state index contributed by atoms with van der Waals surface area (Å²) in [6.07, 6.45) is 0. The van der Waals surface area contributed by atoms with Crippen LogP contribution in [0.1, 0.15) is 11.1 Å². The highest BCUT2D eigenvalue weighted by molar-refractivity contribution is 7.92. The number of ether oxygens (including phenoxy) is 2. The molecule has 0 saturated carbocycles. The van der Waals surface area contributed by atoms with Crippen LogP contribution in [0.15, 0.2) is 89.8 Å². The van der Waals surface area contributed by atoms with Crippen LogP contribution >= 0.6 is 23.2 Å². The SMILES string of the molecule is COc1ccccc1Oc1ccc(Cl)cc1NC(=O)CN(c1cc(Cl)ccc1C)S(=O)(=O)c1ccc(C)cc1. The van der Waals surface area contributed by atoms with Gasteiger partial charge in [0, 0.05) is 10.0 Å². The quantitative estimate of drug-likeness (QED) is 0.224. The van der Waals surface area contributed by atoms with Crippen LogP contribution in [-0.4, -0.2) is 28.0 Å². The third-order valence-corrected chi connectivity index (χ3v) is 8.08. The number of carbonyl (C=O) groups excluding carboxylic acids is 1. The number of nitrogens with zero attached hydrogens (tertiary/aromatic N) is 1. The van der Waals surface area contributed by atoms with Crippen molar-refractivity contribution in [2.75, 3.05) is 23.3 Å². The summed E-state index contributed by atoms with van der Waals surface area (Å²) >= 11 is 12.4. The predicted molar refractivity (Wildman–Crippen MR) is 155 cm³/mol. The summed E-state index contributed by atoms with van der Waals surface area (Å²) in [5, 5.41) is 3.44. The van der Waals surface area contributed by atoms with Gasteiger partial charge in [-0.1, -0.05) is 59.1 Å². The van der Waals surface area contributed by atoms with Gasteiger partial charge in [-0.3, -0.25) is 9.10 Å². The van der Waals surface area contributed by atoms with Crippen molar-refractivity contribution in [3.05, 3.63) is 106 Å². The van der Waals surface area contributed by atoms with Crippen LogP contribution in [0.4, 0.5) is 11.4 Å². The van der Waals surface area contributed by atoms with E-state index in [9.17, 15) is 13.2 Å². The first kappa shape index (κ1) is 28.3. The molecule has 0 unspecified atom stereocenters. The topological polar surface area (TPSA) is 84.9 Å². The smallest absolute Gasteiger partial charge is 0.264 e. The Morgan fingerprint density at radius 1 is 0.846 bits per heavy atom. The number of aryl methyl sites for hydroxylation is 2. The van der Waals surface area contributed by atoms with Gasteiger partial charge in [0.15, 0.2) is 17.2 Å². The molecule has 0 saturated heterocycles. The van der Waals surface area contributed by atoms with Crippen molar-refractivity contribution >= 4 is 50.5 Å². The van der Waals surface area contributed by atoms with Gasteiger partial charge >= 0.3 is 0 Å². The minimum Gasteiger partial charge on any atom is -0.493 e. The second kappa shape index (κ2) is 12.0. The molecule has 0 heterocycles. The Balaban J connectivity index is 1.68. The van der Waals surface area contributed by atoms with Crippen LogP contribution in [0.2, 0.25) is 10.0 Å². The number of methoxy groups -OCH3 is 1. The van der Waals surface area contributed by atoms with Crippen molar-refractivity contribution in [2.45, 2.75) is 18.7 Å². The summed E-state index contributed by atoms with van der Waals surface area (Å²) in [4.78, 5) is 13.4. The van der Waals surface area contributed by atoms with Crippen LogP contribution in [0.5, 0.6) is 17.2 Å². The zero-order valence-corrected chi connectivity index (χ0v) is 23.8. The molecule has 4 aromatic rings. The van der Waals surface area contributed by atoms with E-state index in [2.05, 4.69) is 5.32 Å². The largest absolute Gasteiger partial charge is 0.493 e. The van der Waals surface area contributed by atoms with E-state index >= 15 is 0 Å². The monoisotopic (exact) mass is 584 g/mol. The maximum atomic E-state index is 13.8. The molecular formula is C29H26Cl2N2O5S. The van der Waals surface area contributed by atoms with E-state index in [1.807, 2.05) is 6.92 Å². The molecular weight excluding hydrogens is 559 g/mol. The molecule has 0 fully saturated rings. The van der Waals surface area contributed by atoms with Crippen LogP contribution in [0, 0.1) is 13.8 Å². The molecule has 202 valence electrons. The minimum atomic E-state index is -4.13. The van der Waals surface area contributed by atoms with E-state index in [0.717, 1.165) is 9.87 Å². The molecule has 4 rings (SSSR count). The van der Waals surface area contributed by atoms with Gasteiger partial charge in [0.05, 0.1) is 23.4 Å². The summed E-state index contributed by atoms with van der Waals surface area (Å²) in [5.41, 5.74) is 2.08. The third kappa shape index (κ3) is 6.65. The van der Waals surface area contributed by atoms with Gasteiger partial charge in [0.1, 0.15) is 6.54 Å². The second-order valence-corrected chi connectivity index (χ2v) is 11.4. The first-order chi connectivity index (χ1) is 18.6. The van der Waals surface area contributed by atoms with Crippen molar-refractivity contribution in [1.29, 1.82) is 0 Å². The molecule has 4 aromatic carbocycles. The lowest BCUT2D eigenvalue weighted by Gasteiger charge is -2.26. The van der Waals surface area contributed by atoms with Gasteiger partial charge in [-0.25, -0.2) is 8.42 Å². The Morgan fingerprint density at radius 3 is 2.18 bits per heavy atom. The number of carbonyl (C=O) groups is 1. The Hall–Kier alpha value is -3.72. The van der Waals surface area contributed by atoms with E-state index in [1.54, 1.807) is 67.6 Å². The fourth-order valence-corrected chi connectivity index (χ4v) is 5.63. The molecule has 0 bridgehead atoms. The number of sulfonamides is 1. The molecule has 0 aliphatic carbocycles. The number of halogens is 2. The van der Waals surface area contributed by atoms with E-state index in [-0.39, 0.29) is 16.3 Å². The molecule has 0 radical (unpaired) electrons. The molecule has 1 N–H and O–H groups in total. The Labute approximate surface area is 237 Å². The fraction of sp³-hybridized carbons (Fsp3) is 0.138. The number of amides is 1. The molecule has 0 aliphatic rings. The highest BCUT2D eigenvalue weighted by atomic mass is 35.5. The number of rotatable bonds is 9. The summed E-state index contributed by atoms with van der Waals surface area (Å²) < 4.78 is 39.9. The van der Waals surface area contributed by atoms with E-state index in [0.29, 0.717) is 32.9 Å². The van der Waals surface area contributed by atoms with Crippen molar-refractivity contribution in [3.8, 4) is 17.2 Å². The normalized spacial score (nSPS) is 11.1. The number of hydrogen-bond acceptors (Lipinski definition) is 5. The molecule has 0 atom stereocenters. The summed E-state index contributed by atoms with van der Waals surface area (Å²) in [6.45, 7) is 3.08. The van der Waals surface area contributed by atoms with Crippen molar-refractivity contribution < 1.29 is 22.7 Å². The van der Waals surface area contributed by atoms with Crippen molar-refractivity contribution in [3.63, 3.8) is 0 Å². The molecule has 39 heavy (non-hydrogen) atoms. The highest BCUT2D eigenvalue weighted by Gasteiger charge is 2.29. The zero-order valence-electron chi connectivity index (χ0n) is 21.4. The van der Waals surface area contributed by atoms with Crippen LogP contribution < -0.4 is 19.1 Å². The summed E-state index contributed by atoms with van der Waals surface area (Å²) in [6, 6.07) is 23.1. The molecule has 7 nitrogen and oxygen atoms in total. The number of anilines is 2. The maximum absolute atomic E-state index is 13.8. The lowest BCUT2D eigenvalue weighted by atomic mass is 10.2. The molecule has 10 heteroatoms. The fourth-order valence-electron chi connectivity index (χ4n) is 3.82. The van der Waals surface area contributed by atoms with Gasteiger partial charge in [-0.2, -0.15) is 0 Å². The molecule has 0 aliphatic heterocycles. The number of benzene rings is 4. The van der Waals surface area contributed by atoms with Crippen LogP contribution in [-0.2, 0) is 14.8 Å². The van der Waals surface area contributed by atoms with E-state index < -0.39 is 22.5 Å². The number of nitrogens with one attached hydrogen (secondary N) is 1. The molecule has 1 amide bonds. The Kier molecular flexibility index (Phi) is 8.70. The van der Waals surface area contributed by atoms with Crippen molar-refractivity contribution in [1.82, 2.24) is 0 Å². The average Bonchev–Trinajstić information content (AvgIpc) is 2.91. The Bertz CT molecular complexity index is 1610. The zero-order chi connectivity index (χ0) is 28.2. The van der Waals surface area contributed by atoms with Crippen LogP contribution in [0.3, 0.4) is 0 Å². The molecule has 0 spiro atoms. The van der Waals surface area contributed by atoms with Gasteiger partial charge in [-0.05, 0) is 74.0 Å². The van der Waals surface area contributed by atoms with E-state index in [1.165, 1.54) is 31.4 Å². The average molecular weight is 586 g/mol. The van der Waals surface area contributed by atoms with Gasteiger partial charge < -0.3 is 14.8 Å². The standard InChI is InChI=1S/C29H26Cl2N2O5S/c1-19-8-13-23(14-9-19)39(35,36)33(25-17-22(31)11-10-20(25)2)18-29(34)32-24-16-21(30)12-15-26(24)38-28-7-5-4-6-27(28)37-3/h4-17H,18H2,1-3H3,(H,32,34). The molecule has 0 aromatic heterocycles. The second-order valence-electron chi connectivity index (χ2n) is 8.70.